The lowest BCUT2D eigenvalue weighted by Crippen LogP contribution is -2.09. The summed E-state index contributed by atoms with van der Waals surface area (Å²) in [5, 5.41) is 12.2. The number of carboxylic acid groups (broad SMARTS) is 1. The normalized spacial score (nSPS) is 12.1. The number of carbonyl (C=O) groups is 1. The number of furan rings is 1. The van der Waals surface area contributed by atoms with Gasteiger partial charge >= 0.3 is 5.97 Å². The summed E-state index contributed by atoms with van der Waals surface area (Å²) in [6, 6.07) is 8.68. The molecule has 0 bridgehead atoms. The molecule has 0 spiro atoms. The van der Waals surface area contributed by atoms with Crippen LogP contribution in [0, 0.1) is 0 Å². The van der Waals surface area contributed by atoms with E-state index in [1.54, 1.807) is 36.8 Å². The molecule has 0 aliphatic heterocycles. The third-order valence-corrected chi connectivity index (χ3v) is 2.57. The SMILES string of the molecule is CC(Nc1ccccc1C(=O)O)c1ccoc1. The molecule has 0 amide bonds. The first kappa shape index (κ1) is 11.3. The summed E-state index contributed by atoms with van der Waals surface area (Å²) in [7, 11) is 0. The molecule has 2 aromatic rings. The zero-order chi connectivity index (χ0) is 12.3. The van der Waals surface area contributed by atoms with Gasteiger partial charge in [0.25, 0.3) is 0 Å². The Morgan fingerprint density at radius 2 is 2.12 bits per heavy atom. The first-order valence-electron chi connectivity index (χ1n) is 5.29. The minimum absolute atomic E-state index is 0.00532. The van der Waals surface area contributed by atoms with Crippen LogP contribution in [0.25, 0.3) is 0 Å². The van der Waals surface area contributed by atoms with Crippen LogP contribution in [0.5, 0.6) is 0 Å². The molecule has 0 aliphatic carbocycles. The van der Waals surface area contributed by atoms with Crippen molar-refractivity contribution in [3.63, 3.8) is 0 Å². The average Bonchev–Trinajstić information content (AvgIpc) is 2.83. The number of carboxylic acids is 1. The van der Waals surface area contributed by atoms with Gasteiger partial charge in [-0.15, -0.1) is 0 Å². The topological polar surface area (TPSA) is 62.5 Å². The summed E-state index contributed by atoms with van der Waals surface area (Å²) in [5.74, 6) is -0.938. The lowest BCUT2D eigenvalue weighted by molar-refractivity contribution is 0.0698. The van der Waals surface area contributed by atoms with Crippen molar-refractivity contribution in [2.75, 3.05) is 5.32 Å². The van der Waals surface area contributed by atoms with E-state index in [0.717, 1.165) is 5.56 Å². The lowest BCUT2D eigenvalue weighted by atomic mass is 10.1. The van der Waals surface area contributed by atoms with Gasteiger partial charge in [0.05, 0.1) is 24.1 Å². The molecule has 0 saturated carbocycles. The number of rotatable bonds is 4. The van der Waals surface area contributed by atoms with Crippen LogP contribution < -0.4 is 5.32 Å². The molecular weight excluding hydrogens is 218 g/mol. The Morgan fingerprint density at radius 1 is 1.35 bits per heavy atom. The first-order chi connectivity index (χ1) is 8.18. The van der Waals surface area contributed by atoms with Crippen molar-refractivity contribution in [1.82, 2.24) is 0 Å². The number of nitrogens with one attached hydrogen (secondary N) is 1. The molecular formula is C13H13NO3. The van der Waals surface area contributed by atoms with Crippen LogP contribution in [0.1, 0.15) is 28.9 Å². The van der Waals surface area contributed by atoms with Crippen molar-refractivity contribution in [3.8, 4) is 0 Å². The maximum atomic E-state index is 11.0. The molecule has 1 aromatic carbocycles. The van der Waals surface area contributed by atoms with Gasteiger partial charge in [-0.2, -0.15) is 0 Å². The molecule has 1 atom stereocenters. The minimum Gasteiger partial charge on any atom is -0.478 e. The highest BCUT2D eigenvalue weighted by Crippen LogP contribution is 2.22. The van der Waals surface area contributed by atoms with Crippen molar-refractivity contribution < 1.29 is 14.3 Å². The Hall–Kier alpha value is -2.23. The standard InChI is InChI=1S/C13H13NO3/c1-9(10-6-7-17-8-10)14-12-5-3-2-4-11(12)13(15)16/h2-9,14H,1H3,(H,15,16). The van der Waals surface area contributed by atoms with Crippen LogP contribution in [0.3, 0.4) is 0 Å². The lowest BCUT2D eigenvalue weighted by Gasteiger charge is -2.15. The molecule has 0 fully saturated rings. The summed E-state index contributed by atoms with van der Waals surface area (Å²) >= 11 is 0. The quantitative estimate of drug-likeness (QED) is 0.848. The Balaban J connectivity index is 2.21. The van der Waals surface area contributed by atoms with Crippen LogP contribution in [0.15, 0.2) is 47.3 Å². The Labute approximate surface area is 98.9 Å². The second-order valence-electron chi connectivity index (χ2n) is 3.77. The first-order valence-corrected chi connectivity index (χ1v) is 5.29. The molecule has 0 radical (unpaired) electrons. The zero-order valence-electron chi connectivity index (χ0n) is 9.38. The third kappa shape index (κ3) is 2.47. The number of hydrogen-bond acceptors (Lipinski definition) is 3. The monoisotopic (exact) mass is 231 g/mol. The van der Waals surface area contributed by atoms with Crippen molar-refractivity contribution in [1.29, 1.82) is 0 Å². The van der Waals surface area contributed by atoms with Gasteiger partial charge in [-0.25, -0.2) is 4.79 Å². The van der Waals surface area contributed by atoms with Crippen molar-refractivity contribution in [2.24, 2.45) is 0 Å². The summed E-state index contributed by atoms with van der Waals surface area (Å²) in [4.78, 5) is 11.0. The highest BCUT2D eigenvalue weighted by molar-refractivity contribution is 5.94. The second kappa shape index (κ2) is 4.74. The molecule has 17 heavy (non-hydrogen) atoms. The molecule has 2 N–H and O–H groups in total. The van der Waals surface area contributed by atoms with E-state index >= 15 is 0 Å². The van der Waals surface area contributed by atoms with Crippen LogP contribution in [-0.2, 0) is 0 Å². The number of hydrogen-bond donors (Lipinski definition) is 2. The maximum Gasteiger partial charge on any atom is 0.337 e. The maximum absolute atomic E-state index is 11.0. The van der Waals surface area contributed by atoms with Crippen LogP contribution >= 0.6 is 0 Å². The van der Waals surface area contributed by atoms with Gasteiger partial charge in [-0.05, 0) is 25.1 Å². The number of para-hydroxylation sites is 1. The van der Waals surface area contributed by atoms with Gasteiger partial charge < -0.3 is 14.8 Å². The van der Waals surface area contributed by atoms with E-state index in [1.165, 1.54) is 0 Å². The summed E-state index contributed by atoms with van der Waals surface area (Å²) in [6.45, 7) is 1.95. The summed E-state index contributed by atoms with van der Waals surface area (Å²) < 4.78 is 4.99. The minimum atomic E-state index is -0.938. The number of aromatic carboxylic acids is 1. The zero-order valence-corrected chi connectivity index (χ0v) is 9.38. The van der Waals surface area contributed by atoms with Crippen LogP contribution in [0.2, 0.25) is 0 Å². The third-order valence-electron chi connectivity index (χ3n) is 2.57. The van der Waals surface area contributed by atoms with E-state index in [4.69, 9.17) is 9.52 Å². The Morgan fingerprint density at radius 3 is 2.76 bits per heavy atom. The Bertz CT molecular complexity index is 505. The molecule has 1 unspecified atom stereocenters. The largest absolute Gasteiger partial charge is 0.478 e. The molecule has 0 aliphatic rings. The van der Waals surface area contributed by atoms with E-state index in [0.29, 0.717) is 5.69 Å². The van der Waals surface area contributed by atoms with E-state index in [9.17, 15) is 4.79 Å². The predicted molar refractivity (Wildman–Crippen MR) is 64.1 cm³/mol. The fraction of sp³-hybridized carbons (Fsp3) is 0.154. The molecule has 4 nitrogen and oxygen atoms in total. The van der Waals surface area contributed by atoms with Crippen LogP contribution in [-0.4, -0.2) is 11.1 Å². The van der Waals surface area contributed by atoms with Crippen molar-refractivity contribution in [2.45, 2.75) is 13.0 Å². The molecule has 1 aromatic heterocycles. The van der Waals surface area contributed by atoms with Gasteiger partial charge in [-0.3, -0.25) is 0 Å². The number of benzene rings is 1. The Kier molecular flexibility index (Phi) is 3.14. The van der Waals surface area contributed by atoms with Gasteiger partial charge in [0.1, 0.15) is 0 Å². The highest BCUT2D eigenvalue weighted by atomic mass is 16.4. The van der Waals surface area contributed by atoms with Crippen molar-refractivity contribution >= 4 is 11.7 Å². The van der Waals surface area contributed by atoms with Crippen LogP contribution in [0.4, 0.5) is 5.69 Å². The fourth-order valence-electron chi connectivity index (χ4n) is 1.63. The predicted octanol–water partition coefficient (Wildman–Crippen LogP) is 3.15. The van der Waals surface area contributed by atoms with E-state index < -0.39 is 5.97 Å². The van der Waals surface area contributed by atoms with Crippen molar-refractivity contribution in [3.05, 3.63) is 54.0 Å². The van der Waals surface area contributed by atoms with Gasteiger partial charge in [0.15, 0.2) is 0 Å². The average molecular weight is 231 g/mol. The molecule has 2 rings (SSSR count). The molecule has 1 heterocycles. The number of anilines is 1. The fourth-order valence-corrected chi connectivity index (χ4v) is 1.63. The van der Waals surface area contributed by atoms with Gasteiger partial charge in [-0.1, -0.05) is 12.1 Å². The highest BCUT2D eigenvalue weighted by Gasteiger charge is 2.12. The van der Waals surface area contributed by atoms with E-state index in [2.05, 4.69) is 5.32 Å². The smallest absolute Gasteiger partial charge is 0.337 e. The molecule has 0 saturated heterocycles. The van der Waals surface area contributed by atoms with Gasteiger partial charge in [0.2, 0.25) is 0 Å². The summed E-state index contributed by atoms with van der Waals surface area (Å²) in [5.41, 5.74) is 1.85. The van der Waals surface area contributed by atoms with E-state index in [1.807, 2.05) is 13.0 Å². The molecule has 88 valence electrons. The second-order valence-corrected chi connectivity index (χ2v) is 3.77. The molecule has 4 heteroatoms. The van der Waals surface area contributed by atoms with E-state index in [-0.39, 0.29) is 11.6 Å². The summed E-state index contributed by atoms with van der Waals surface area (Å²) in [6.07, 6.45) is 3.23. The van der Waals surface area contributed by atoms with Gasteiger partial charge in [0, 0.05) is 11.3 Å².